The molecular formula is C6H6BrNOS. The van der Waals surface area contributed by atoms with E-state index in [2.05, 4.69) is 21.1 Å². The fraction of sp³-hybridized carbons (Fsp3) is 0.167. The van der Waals surface area contributed by atoms with Gasteiger partial charge in [0.05, 0.1) is 14.4 Å². The van der Waals surface area contributed by atoms with Crippen molar-refractivity contribution in [3.63, 3.8) is 0 Å². The average molecular weight is 220 g/mol. The number of thiophene rings is 1. The second-order valence-corrected chi connectivity index (χ2v) is 4.25. The number of halogens is 1. The SMILES string of the molecule is C/C(=N\O)c1ccc(Br)s1. The molecule has 0 radical (unpaired) electrons. The van der Waals surface area contributed by atoms with Gasteiger partial charge in [-0.1, -0.05) is 5.16 Å². The van der Waals surface area contributed by atoms with Crippen molar-refractivity contribution in [3.05, 3.63) is 20.8 Å². The van der Waals surface area contributed by atoms with Crippen molar-refractivity contribution in [3.8, 4) is 0 Å². The molecule has 0 unspecified atom stereocenters. The van der Waals surface area contributed by atoms with Gasteiger partial charge >= 0.3 is 0 Å². The van der Waals surface area contributed by atoms with E-state index in [1.807, 2.05) is 12.1 Å². The molecule has 0 amide bonds. The van der Waals surface area contributed by atoms with Gasteiger partial charge in [-0.25, -0.2) is 0 Å². The maximum absolute atomic E-state index is 8.38. The van der Waals surface area contributed by atoms with Gasteiger partial charge in [0, 0.05) is 0 Å². The summed E-state index contributed by atoms with van der Waals surface area (Å²) >= 11 is 4.86. The first-order valence-electron chi connectivity index (χ1n) is 2.68. The van der Waals surface area contributed by atoms with Crippen molar-refractivity contribution in [2.24, 2.45) is 5.16 Å². The van der Waals surface area contributed by atoms with Crippen LogP contribution in [0.15, 0.2) is 21.1 Å². The topological polar surface area (TPSA) is 32.6 Å². The quantitative estimate of drug-likeness (QED) is 0.440. The average Bonchev–Trinajstić information content (AvgIpc) is 2.34. The Kier molecular flexibility index (Phi) is 2.45. The van der Waals surface area contributed by atoms with E-state index >= 15 is 0 Å². The molecule has 0 fully saturated rings. The molecule has 54 valence electrons. The summed E-state index contributed by atoms with van der Waals surface area (Å²) in [6.45, 7) is 1.76. The van der Waals surface area contributed by atoms with Gasteiger partial charge < -0.3 is 5.21 Å². The molecule has 4 heteroatoms. The van der Waals surface area contributed by atoms with Gasteiger partial charge in [-0.2, -0.15) is 0 Å². The van der Waals surface area contributed by atoms with Crippen LogP contribution in [-0.2, 0) is 0 Å². The van der Waals surface area contributed by atoms with Crippen molar-refractivity contribution in [1.29, 1.82) is 0 Å². The predicted molar refractivity (Wildman–Crippen MR) is 46.0 cm³/mol. The predicted octanol–water partition coefficient (Wildman–Crippen LogP) is 2.71. The molecule has 0 aromatic carbocycles. The zero-order chi connectivity index (χ0) is 7.56. The first kappa shape index (κ1) is 7.75. The molecule has 0 aliphatic carbocycles. The Morgan fingerprint density at radius 1 is 1.70 bits per heavy atom. The summed E-state index contributed by atoms with van der Waals surface area (Å²) < 4.78 is 1.05. The van der Waals surface area contributed by atoms with Gasteiger partial charge in [0.25, 0.3) is 0 Å². The maximum atomic E-state index is 8.38. The van der Waals surface area contributed by atoms with E-state index in [0.717, 1.165) is 8.66 Å². The number of hydrogen-bond acceptors (Lipinski definition) is 3. The highest BCUT2D eigenvalue weighted by atomic mass is 79.9. The molecule has 1 aromatic rings. The molecule has 0 aliphatic rings. The Hall–Kier alpha value is -0.350. The Labute approximate surface area is 71.3 Å². The fourth-order valence-electron chi connectivity index (χ4n) is 0.558. The molecule has 0 saturated heterocycles. The van der Waals surface area contributed by atoms with Gasteiger partial charge in [-0.3, -0.25) is 0 Å². The molecular weight excluding hydrogens is 214 g/mol. The lowest BCUT2D eigenvalue weighted by molar-refractivity contribution is 0.319. The number of rotatable bonds is 1. The van der Waals surface area contributed by atoms with Crippen LogP contribution in [-0.4, -0.2) is 10.9 Å². The third kappa shape index (κ3) is 1.58. The van der Waals surface area contributed by atoms with Crippen LogP contribution in [0, 0.1) is 0 Å². The van der Waals surface area contributed by atoms with Crippen LogP contribution in [0.25, 0.3) is 0 Å². The van der Waals surface area contributed by atoms with Crippen LogP contribution in [0.3, 0.4) is 0 Å². The fourth-order valence-corrected chi connectivity index (χ4v) is 1.88. The zero-order valence-corrected chi connectivity index (χ0v) is 7.74. The maximum Gasteiger partial charge on any atom is 0.0936 e. The summed E-state index contributed by atoms with van der Waals surface area (Å²) in [4.78, 5) is 0.981. The third-order valence-corrected chi connectivity index (χ3v) is 2.81. The van der Waals surface area contributed by atoms with E-state index in [1.165, 1.54) is 0 Å². The van der Waals surface area contributed by atoms with Gasteiger partial charge in [0.1, 0.15) is 0 Å². The van der Waals surface area contributed by atoms with Crippen LogP contribution in [0.2, 0.25) is 0 Å². The van der Waals surface area contributed by atoms with Crippen molar-refractivity contribution in [2.45, 2.75) is 6.92 Å². The standard InChI is InChI=1S/C6H6BrNOS/c1-4(8-9)5-2-3-6(7)10-5/h2-3,9H,1H3/b8-4+. The van der Waals surface area contributed by atoms with Gasteiger partial charge in [0.2, 0.25) is 0 Å². The minimum atomic E-state index is 0.649. The van der Waals surface area contributed by atoms with E-state index in [4.69, 9.17) is 5.21 Å². The molecule has 0 atom stereocenters. The van der Waals surface area contributed by atoms with E-state index < -0.39 is 0 Å². The summed E-state index contributed by atoms with van der Waals surface area (Å²) in [6, 6.07) is 3.83. The van der Waals surface area contributed by atoms with Crippen LogP contribution in [0.4, 0.5) is 0 Å². The Bertz CT molecular complexity index is 256. The molecule has 0 aliphatic heterocycles. The second kappa shape index (κ2) is 3.16. The first-order valence-corrected chi connectivity index (χ1v) is 4.29. The Balaban J connectivity index is 2.95. The largest absolute Gasteiger partial charge is 0.411 e. The summed E-state index contributed by atoms with van der Waals surface area (Å²) in [6.07, 6.45) is 0. The van der Waals surface area contributed by atoms with E-state index in [-0.39, 0.29) is 0 Å². The normalized spacial score (nSPS) is 12.0. The van der Waals surface area contributed by atoms with Crippen LogP contribution >= 0.6 is 27.3 Å². The summed E-state index contributed by atoms with van der Waals surface area (Å²) in [5.41, 5.74) is 0.649. The lowest BCUT2D eigenvalue weighted by Crippen LogP contribution is -1.87. The van der Waals surface area contributed by atoms with E-state index in [9.17, 15) is 0 Å². The molecule has 0 bridgehead atoms. The Morgan fingerprint density at radius 2 is 2.40 bits per heavy atom. The number of oxime groups is 1. The number of hydrogen-bond donors (Lipinski definition) is 1. The monoisotopic (exact) mass is 219 g/mol. The van der Waals surface area contributed by atoms with E-state index in [1.54, 1.807) is 18.3 Å². The highest BCUT2D eigenvalue weighted by molar-refractivity contribution is 9.11. The van der Waals surface area contributed by atoms with Crippen LogP contribution in [0.5, 0.6) is 0 Å². The molecule has 1 rings (SSSR count). The molecule has 1 aromatic heterocycles. The highest BCUT2D eigenvalue weighted by Gasteiger charge is 1.99. The molecule has 1 N–H and O–H groups in total. The molecule has 0 saturated carbocycles. The van der Waals surface area contributed by atoms with Crippen LogP contribution in [0.1, 0.15) is 11.8 Å². The first-order chi connectivity index (χ1) is 4.74. The van der Waals surface area contributed by atoms with Gasteiger partial charge in [0.15, 0.2) is 0 Å². The smallest absolute Gasteiger partial charge is 0.0936 e. The van der Waals surface area contributed by atoms with E-state index in [0.29, 0.717) is 5.71 Å². The molecule has 2 nitrogen and oxygen atoms in total. The van der Waals surface area contributed by atoms with Gasteiger partial charge in [-0.15, -0.1) is 11.3 Å². The third-order valence-electron chi connectivity index (χ3n) is 1.08. The minimum absolute atomic E-state index is 0.649. The lowest BCUT2D eigenvalue weighted by atomic mass is 10.3. The van der Waals surface area contributed by atoms with Crippen molar-refractivity contribution >= 4 is 33.0 Å². The summed E-state index contributed by atoms with van der Waals surface area (Å²) in [7, 11) is 0. The van der Waals surface area contributed by atoms with Crippen LogP contribution < -0.4 is 0 Å². The number of nitrogens with zero attached hydrogens (tertiary/aromatic N) is 1. The van der Waals surface area contributed by atoms with Crippen molar-refractivity contribution in [2.75, 3.05) is 0 Å². The summed E-state index contributed by atoms with van der Waals surface area (Å²) in [5, 5.41) is 11.5. The zero-order valence-electron chi connectivity index (χ0n) is 5.34. The minimum Gasteiger partial charge on any atom is -0.411 e. The lowest BCUT2D eigenvalue weighted by Gasteiger charge is -1.87. The summed E-state index contributed by atoms with van der Waals surface area (Å²) in [5.74, 6) is 0. The second-order valence-electron chi connectivity index (χ2n) is 1.79. The Morgan fingerprint density at radius 3 is 2.80 bits per heavy atom. The molecule has 0 spiro atoms. The van der Waals surface area contributed by atoms with Crippen molar-refractivity contribution < 1.29 is 5.21 Å². The highest BCUT2D eigenvalue weighted by Crippen LogP contribution is 2.22. The molecule has 1 heterocycles. The van der Waals surface area contributed by atoms with Crippen molar-refractivity contribution in [1.82, 2.24) is 0 Å². The van der Waals surface area contributed by atoms with Gasteiger partial charge in [-0.05, 0) is 35.0 Å². The molecule has 10 heavy (non-hydrogen) atoms.